The van der Waals surface area contributed by atoms with Crippen molar-refractivity contribution in [2.24, 2.45) is 5.92 Å². The zero-order valence-electron chi connectivity index (χ0n) is 10.7. The Labute approximate surface area is 113 Å². The number of nitrogens with zero attached hydrogens (tertiary/aromatic N) is 2. The number of ether oxygens (including phenoxy) is 1. The molecule has 1 fully saturated rings. The zero-order valence-corrected chi connectivity index (χ0v) is 10.7. The fourth-order valence-corrected chi connectivity index (χ4v) is 2.53. The van der Waals surface area contributed by atoms with Crippen molar-refractivity contribution in [1.82, 2.24) is 9.55 Å². The predicted molar refractivity (Wildman–Crippen MR) is 68.1 cm³/mol. The van der Waals surface area contributed by atoms with Crippen LogP contribution < -0.4 is 5.73 Å². The standard InChI is InChI=1S/C13H14F3N3O/c14-13(15,16)12-18-10-5-9(17)1-2-11(10)19(12)6-8-3-4-20-7-8/h1-2,5,8H,3-4,6-7,17H2. The summed E-state index contributed by atoms with van der Waals surface area (Å²) in [5.74, 6) is -0.781. The number of alkyl halides is 3. The molecule has 3 rings (SSSR count). The average Bonchev–Trinajstić information content (AvgIpc) is 2.97. The van der Waals surface area contributed by atoms with Gasteiger partial charge in [-0.2, -0.15) is 13.2 Å². The Morgan fingerprint density at radius 2 is 2.20 bits per heavy atom. The van der Waals surface area contributed by atoms with Crippen LogP contribution in [0.15, 0.2) is 18.2 Å². The maximum Gasteiger partial charge on any atom is 0.449 e. The molecular formula is C13H14F3N3O. The Morgan fingerprint density at radius 1 is 1.40 bits per heavy atom. The molecule has 1 aliphatic heterocycles. The van der Waals surface area contributed by atoms with Gasteiger partial charge in [-0.15, -0.1) is 0 Å². The number of imidazole rings is 1. The van der Waals surface area contributed by atoms with Crippen LogP contribution in [0.3, 0.4) is 0 Å². The highest BCUT2D eigenvalue weighted by Gasteiger charge is 2.38. The highest BCUT2D eigenvalue weighted by Crippen LogP contribution is 2.33. The largest absolute Gasteiger partial charge is 0.449 e. The molecule has 1 unspecified atom stereocenters. The molecular weight excluding hydrogens is 271 g/mol. The summed E-state index contributed by atoms with van der Waals surface area (Å²) in [7, 11) is 0. The van der Waals surface area contributed by atoms with E-state index in [0.717, 1.165) is 6.42 Å². The number of hydrogen-bond acceptors (Lipinski definition) is 3. The third-order valence-electron chi connectivity index (χ3n) is 3.49. The number of nitrogen functional groups attached to an aromatic ring is 1. The smallest absolute Gasteiger partial charge is 0.399 e. The Hall–Kier alpha value is -1.76. The molecule has 20 heavy (non-hydrogen) atoms. The van der Waals surface area contributed by atoms with Crippen molar-refractivity contribution in [3.8, 4) is 0 Å². The fraction of sp³-hybridized carbons (Fsp3) is 0.462. The molecule has 4 nitrogen and oxygen atoms in total. The van der Waals surface area contributed by atoms with E-state index in [4.69, 9.17) is 10.5 Å². The van der Waals surface area contributed by atoms with Crippen LogP contribution in [0.25, 0.3) is 11.0 Å². The van der Waals surface area contributed by atoms with Gasteiger partial charge in [0.2, 0.25) is 5.82 Å². The van der Waals surface area contributed by atoms with Crippen molar-refractivity contribution >= 4 is 16.7 Å². The zero-order chi connectivity index (χ0) is 14.3. The van der Waals surface area contributed by atoms with E-state index in [1.54, 1.807) is 12.1 Å². The molecule has 1 saturated heterocycles. The van der Waals surface area contributed by atoms with Gasteiger partial charge in [0.05, 0.1) is 17.6 Å². The molecule has 0 saturated carbocycles. The minimum Gasteiger partial charge on any atom is -0.399 e. The molecule has 2 N–H and O–H groups in total. The van der Waals surface area contributed by atoms with E-state index >= 15 is 0 Å². The Kier molecular flexibility index (Phi) is 3.08. The first kappa shape index (κ1) is 13.2. The van der Waals surface area contributed by atoms with Crippen molar-refractivity contribution in [3.05, 3.63) is 24.0 Å². The van der Waals surface area contributed by atoms with Gasteiger partial charge in [0.25, 0.3) is 0 Å². The molecule has 7 heteroatoms. The molecule has 1 atom stereocenters. The van der Waals surface area contributed by atoms with E-state index in [9.17, 15) is 13.2 Å². The highest BCUT2D eigenvalue weighted by molar-refractivity contribution is 5.79. The van der Waals surface area contributed by atoms with Gasteiger partial charge in [0, 0.05) is 24.8 Å². The predicted octanol–water partition coefficient (Wildman–Crippen LogP) is 2.67. The molecule has 0 amide bonds. The summed E-state index contributed by atoms with van der Waals surface area (Å²) >= 11 is 0. The lowest BCUT2D eigenvalue weighted by atomic mass is 10.1. The van der Waals surface area contributed by atoms with Crippen molar-refractivity contribution < 1.29 is 17.9 Å². The SMILES string of the molecule is Nc1ccc2c(c1)nc(C(F)(F)F)n2CC1CCOC1. The first-order valence-corrected chi connectivity index (χ1v) is 6.36. The number of hydrogen-bond donors (Lipinski definition) is 1. The number of nitrogens with two attached hydrogens (primary N) is 1. The van der Waals surface area contributed by atoms with Gasteiger partial charge in [-0.05, 0) is 24.6 Å². The molecule has 0 spiro atoms. The summed E-state index contributed by atoms with van der Waals surface area (Å²) < 4.78 is 45.8. The second-order valence-electron chi connectivity index (χ2n) is 5.02. The van der Waals surface area contributed by atoms with Gasteiger partial charge in [-0.3, -0.25) is 0 Å². The van der Waals surface area contributed by atoms with Crippen molar-refractivity contribution in [2.45, 2.75) is 19.1 Å². The Morgan fingerprint density at radius 3 is 2.85 bits per heavy atom. The summed E-state index contributed by atoms with van der Waals surface area (Å²) in [5, 5.41) is 0. The van der Waals surface area contributed by atoms with Crippen LogP contribution in [0.1, 0.15) is 12.2 Å². The van der Waals surface area contributed by atoms with E-state index in [-0.39, 0.29) is 18.0 Å². The summed E-state index contributed by atoms with van der Waals surface area (Å²) in [6, 6.07) is 4.64. The summed E-state index contributed by atoms with van der Waals surface area (Å²) in [6.07, 6.45) is -3.71. The Bertz CT molecular complexity index is 630. The van der Waals surface area contributed by atoms with Crippen LogP contribution in [0.5, 0.6) is 0 Å². The second-order valence-corrected chi connectivity index (χ2v) is 5.02. The quantitative estimate of drug-likeness (QED) is 0.863. The molecule has 2 aromatic rings. The van der Waals surface area contributed by atoms with E-state index in [1.165, 1.54) is 10.6 Å². The second kappa shape index (κ2) is 4.66. The molecule has 2 heterocycles. The molecule has 1 aliphatic rings. The van der Waals surface area contributed by atoms with Crippen molar-refractivity contribution in [3.63, 3.8) is 0 Å². The number of anilines is 1. The summed E-state index contributed by atoms with van der Waals surface area (Å²) in [4.78, 5) is 3.70. The molecule has 0 bridgehead atoms. The van der Waals surface area contributed by atoms with Gasteiger partial charge in [-0.25, -0.2) is 4.98 Å². The third kappa shape index (κ3) is 2.33. The monoisotopic (exact) mass is 285 g/mol. The van der Waals surface area contributed by atoms with Gasteiger partial charge in [0.15, 0.2) is 0 Å². The first-order valence-electron chi connectivity index (χ1n) is 6.36. The molecule has 1 aromatic heterocycles. The van der Waals surface area contributed by atoms with Gasteiger partial charge in [0.1, 0.15) is 0 Å². The number of benzene rings is 1. The maximum absolute atomic E-state index is 13.1. The summed E-state index contributed by atoms with van der Waals surface area (Å²) in [5.41, 5.74) is 6.74. The number of rotatable bonds is 2. The van der Waals surface area contributed by atoms with E-state index < -0.39 is 12.0 Å². The first-order chi connectivity index (χ1) is 9.45. The lowest BCUT2D eigenvalue weighted by molar-refractivity contribution is -0.147. The van der Waals surface area contributed by atoms with Gasteiger partial charge in [-0.1, -0.05) is 0 Å². The minimum absolute atomic E-state index is 0.0889. The van der Waals surface area contributed by atoms with Crippen LogP contribution in [0.2, 0.25) is 0 Å². The minimum atomic E-state index is -4.48. The van der Waals surface area contributed by atoms with Gasteiger partial charge >= 0.3 is 6.18 Å². The average molecular weight is 285 g/mol. The van der Waals surface area contributed by atoms with E-state index in [2.05, 4.69) is 4.98 Å². The summed E-state index contributed by atoms with van der Waals surface area (Å²) in [6.45, 7) is 1.35. The number of aromatic nitrogens is 2. The molecule has 0 radical (unpaired) electrons. The molecule has 0 aliphatic carbocycles. The molecule has 108 valence electrons. The van der Waals surface area contributed by atoms with Crippen molar-refractivity contribution in [2.75, 3.05) is 18.9 Å². The van der Waals surface area contributed by atoms with Crippen LogP contribution in [0, 0.1) is 5.92 Å². The number of halogens is 3. The van der Waals surface area contributed by atoms with Crippen LogP contribution in [-0.2, 0) is 17.5 Å². The van der Waals surface area contributed by atoms with Gasteiger partial charge < -0.3 is 15.0 Å². The highest BCUT2D eigenvalue weighted by atomic mass is 19.4. The number of fused-ring (bicyclic) bond motifs is 1. The maximum atomic E-state index is 13.1. The Balaban J connectivity index is 2.10. The van der Waals surface area contributed by atoms with E-state index in [1.807, 2.05) is 0 Å². The lowest BCUT2D eigenvalue weighted by Gasteiger charge is -2.14. The van der Waals surface area contributed by atoms with Crippen LogP contribution >= 0.6 is 0 Å². The lowest BCUT2D eigenvalue weighted by Crippen LogP contribution is -2.19. The fourth-order valence-electron chi connectivity index (χ4n) is 2.53. The van der Waals surface area contributed by atoms with Crippen LogP contribution in [0.4, 0.5) is 18.9 Å². The van der Waals surface area contributed by atoms with Crippen molar-refractivity contribution in [1.29, 1.82) is 0 Å². The third-order valence-corrected chi connectivity index (χ3v) is 3.49. The van der Waals surface area contributed by atoms with E-state index in [0.29, 0.717) is 24.4 Å². The topological polar surface area (TPSA) is 53.1 Å². The molecule has 1 aromatic carbocycles. The van der Waals surface area contributed by atoms with Crippen LogP contribution in [-0.4, -0.2) is 22.8 Å². The normalized spacial score (nSPS) is 19.9.